The van der Waals surface area contributed by atoms with E-state index in [-0.39, 0.29) is 12.4 Å². The summed E-state index contributed by atoms with van der Waals surface area (Å²) in [4.78, 5) is 4.38. The molecule has 1 aromatic rings. The summed E-state index contributed by atoms with van der Waals surface area (Å²) in [5.74, 6) is 1.03. The predicted octanol–water partition coefficient (Wildman–Crippen LogP) is 2.16. The van der Waals surface area contributed by atoms with Gasteiger partial charge in [-0.25, -0.2) is 9.38 Å². The molecular formula is C15H19FN4. The van der Waals surface area contributed by atoms with Crippen LogP contribution in [0.5, 0.6) is 0 Å². The summed E-state index contributed by atoms with van der Waals surface area (Å²) in [7, 11) is 0. The molecule has 0 aromatic heterocycles. The van der Waals surface area contributed by atoms with E-state index in [0.29, 0.717) is 29.0 Å². The lowest BCUT2D eigenvalue weighted by Crippen LogP contribution is -2.39. The fraction of sp³-hybridized carbons (Fsp3) is 0.467. The first-order valence-corrected chi connectivity index (χ1v) is 6.87. The SMILES string of the molecule is CCNC(=NCc1cc(C#N)ccc1F)NC1CC1C. The van der Waals surface area contributed by atoms with Crippen molar-refractivity contribution in [3.63, 3.8) is 0 Å². The molecule has 1 aromatic carbocycles. The van der Waals surface area contributed by atoms with Crippen molar-refractivity contribution in [3.05, 3.63) is 35.1 Å². The number of halogens is 1. The zero-order chi connectivity index (χ0) is 14.5. The molecule has 1 aliphatic rings. The summed E-state index contributed by atoms with van der Waals surface area (Å²) in [6.45, 7) is 5.15. The van der Waals surface area contributed by atoms with Gasteiger partial charge in [0.05, 0.1) is 18.2 Å². The molecule has 0 radical (unpaired) electrons. The third-order valence-corrected chi connectivity index (χ3v) is 3.36. The Morgan fingerprint density at radius 2 is 2.30 bits per heavy atom. The number of nitrogens with one attached hydrogen (secondary N) is 2. The molecule has 4 nitrogen and oxygen atoms in total. The number of aliphatic imine (C=N–C) groups is 1. The van der Waals surface area contributed by atoms with E-state index in [1.807, 2.05) is 13.0 Å². The molecule has 0 bridgehead atoms. The zero-order valence-corrected chi connectivity index (χ0v) is 11.8. The van der Waals surface area contributed by atoms with Gasteiger partial charge >= 0.3 is 0 Å². The van der Waals surface area contributed by atoms with Gasteiger partial charge in [0.15, 0.2) is 5.96 Å². The van der Waals surface area contributed by atoms with E-state index in [2.05, 4.69) is 22.5 Å². The molecule has 0 heterocycles. The monoisotopic (exact) mass is 274 g/mol. The topological polar surface area (TPSA) is 60.2 Å². The second-order valence-corrected chi connectivity index (χ2v) is 5.08. The molecule has 1 saturated carbocycles. The molecule has 0 saturated heterocycles. The van der Waals surface area contributed by atoms with E-state index in [1.165, 1.54) is 12.1 Å². The fourth-order valence-corrected chi connectivity index (χ4v) is 1.95. The van der Waals surface area contributed by atoms with Crippen molar-refractivity contribution in [3.8, 4) is 6.07 Å². The number of rotatable bonds is 4. The average molecular weight is 274 g/mol. The van der Waals surface area contributed by atoms with Crippen molar-refractivity contribution in [2.24, 2.45) is 10.9 Å². The van der Waals surface area contributed by atoms with Crippen LogP contribution in [0.2, 0.25) is 0 Å². The largest absolute Gasteiger partial charge is 0.357 e. The molecule has 20 heavy (non-hydrogen) atoms. The summed E-state index contributed by atoms with van der Waals surface area (Å²) < 4.78 is 13.7. The predicted molar refractivity (Wildman–Crippen MR) is 76.6 cm³/mol. The van der Waals surface area contributed by atoms with Crippen LogP contribution in [0.15, 0.2) is 23.2 Å². The molecule has 0 aliphatic heterocycles. The van der Waals surface area contributed by atoms with Crippen molar-refractivity contribution in [1.82, 2.24) is 10.6 Å². The molecule has 2 atom stereocenters. The summed E-state index contributed by atoms with van der Waals surface area (Å²) in [5, 5.41) is 15.3. The van der Waals surface area contributed by atoms with Crippen LogP contribution >= 0.6 is 0 Å². The number of guanidine groups is 1. The van der Waals surface area contributed by atoms with Crippen LogP contribution in [0.1, 0.15) is 31.4 Å². The number of hydrogen-bond donors (Lipinski definition) is 2. The molecule has 2 N–H and O–H groups in total. The summed E-state index contributed by atoms with van der Waals surface area (Å²) >= 11 is 0. The molecule has 1 fully saturated rings. The average Bonchev–Trinajstić information content (AvgIpc) is 3.13. The van der Waals surface area contributed by atoms with Crippen LogP contribution in [-0.2, 0) is 6.54 Å². The molecule has 106 valence electrons. The quantitative estimate of drug-likeness (QED) is 0.653. The van der Waals surface area contributed by atoms with Crippen LogP contribution in [0.3, 0.4) is 0 Å². The minimum absolute atomic E-state index is 0.220. The van der Waals surface area contributed by atoms with Crippen molar-refractivity contribution in [2.75, 3.05) is 6.54 Å². The van der Waals surface area contributed by atoms with E-state index in [9.17, 15) is 4.39 Å². The maximum absolute atomic E-state index is 13.7. The second kappa shape index (κ2) is 6.38. The Labute approximate surface area is 118 Å². The van der Waals surface area contributed by atoms with Crippen LogP contribution in [0.25, 0.3) is 0 Å². The summed E-state index contributed by atoms with van der Waals surface area (Å²) in [6.07, 6.45) is 1.14. The van der Waals surface area contributed by atoms with Crippen LogP contribution in [0.4, 0.5) is 4.39 Å². The number of benzene rings is 1. The fourth-order valence-electron chi connectivity index (χ4n) is 1.95. The van der Waals surface area contributed by atoms with Gasteiger partial charge in [-0.15, -0.1) is 0 Å². The first-order valence-electron chi connectivity index (χ1n) is 6.87. The molecule has 2 unspecified atom stereocenters. The minimum atomic E-state index is -0.330. The zero-order valence-electron chi connectivity index (χ0n) is 11.8. The van der Waals surface area contributed by atoms with E-state index >= 15 is 0 Å². The highest BCUT2D eigenvalue weighted by Crippen LogP contribution is 2.28. The van der Waals surface area contributed by atoms with Gasteiger partial charge < -0.3 is 10.6 Å². The van der Waals surface area contributed by atoms with Crippen molar-refractivity contribution < 1.29 is 4.39 Å². The normalized spacial score (nSPS) is 21.2. The Balaban J connectivity index is 2.06. The molecule has 5 heteroatoms. The minimum Gasteiger partial charge on any atom is -0.357 e. The molecule has 0 spiro atoms. The molecule has 2 rings (SSSR count). The van der Waals surface area contributed by atoms with E-state index in [0.717, 1.165) is 13.0 Å². The van der Waals surface area contributed by atoms with Crippen molar-refractivity contribution in [1.29, 1.82) is 5.26 Å². The molecule has 1 aliphatic carbocycles. The number of hydrogen-bond acceptors (Lipinski definition) is 2. The highest BCUT2D eigenvalue weighted by molar-refractivity contribution is 5.80. The Bertz CT molecular complexity index is 547. The lowest BCUT2D eigenvalue weighted by molar-refractivity contribution is 0.610. The Morgan fingerprint density at radius 3 is 2.90 bits per heavy atom. The maximum Gasteiger partial charge on any atom is 0.191 e. The van der Waals surface area contributed by atoms with Gasteiger partial charge in [0.1, 0.15) is 5.82 Å². The Morgan fingerprint density at radius 1 is 1.55 bits per heavy atom. The van der Waals surface area contributed by atoms with Gasteiger partial charge in [-0.3, -0.25) is 0 Å². The maximum atomic E-state index is 13.7. The molecular weight excluding hydrogens is 255 g/mol. The standard InChI is InChI=1S/C15H19FN4/c1-3-18-15(20-14-6-10(14)2)19-9-12-7-11(8-17)4-5-13(12)16/h4-5,7,10,14H,3,6,9H2,1-2H3,(H2,18,19,20). The van der Waals surface area contributed by atoms with Gasteiger partial charge in [-0.2, -0.15) is 5.26 Å². The highest BCUT2D eigenvalue weighted by Gasteiger charge is 2.33. The van der Waals surface area contributed by atoms with Crippen molar-refractivity contribution >= 4 is 5.96 Å². The van der Waals surface area contributed by atoms with Gasteiger partial charge in [-0.05, 0) is 37.5 Å². The van der Waals surface area contributed by atoms with Gasteiger partial charge in [0, 0.05) is 18.2 Å². The first-order chi connectivity index (χ1) is 9.63. The third kappa shape index (κ3) is 3.70. The lowest BCUT2D eigenvalue weighted by Gasteiger charge is -2.11. The Kier molecular flexibility index (Phi) is 4.57. The van der Waals surface area contributed by atoms with Gasteiger partial charge in [-0.1, -0.05) is 6.92 Å². The van der Waals surface area contributed by atoms with Gasteiger partial charge in [0.2, 0.25) is 0 Å². The van der Waals surface area contributed by atoms with Crippen molar-refractivity contribution in [2.45, 2.75) is 32.9 Å². The third-order valence-electron chi connectivity index (χ3n) is 3.36. The second-order valence-electron chi connectivity index (χ2n) is 5.08. The van der Waals surface area contributed by atoms with Crippen LogP contribution in [0, 0.1) is 23.1 Å². The van der Waals surface area contributed by atoms with Crippen LogP contribution in [-0.4, -0.2) is 18.5 Å². The van der Waals surface area contributed by atoms with Crippen LogP contribution < -0.4 is 10.6 Å². The van der Waals surface area contributed by atoms with E-state index in [4.69, 9.17) is 5.26 Å². The summed E-state index contributed by atoms with van der Waals surface area (Å²) in [6, 6.07) is 6.80. The highest BCUT2D eigenvalue weighted by atomic mass is 19.1. The molecule has 0 amide bonds. The van der Waals surface area contributed by atoms with E-state index < -0.39 is 0 Å². The summed E-state index contributed by atoms with van der Waals surface area (Å²) in [5.41, 5.74) is 0.885. The van der Waals surface area contributed by atoms with Gasteiger partial charge in [0.25, 0.3) is 0 Å². The first kappa shape index (κ1) is 14.3. The van der Waals surface area contributed by atoms with E-state index in [1.54, 1.807) is 6.07 Å². The Hall–Kier alpha value is -2.09. The number of nitriles is 1. The number of nitrogens with zero attached hydrogens (tertiary/aromatic N) is 2. The smallest absolute Gasteiger partial charge is 0.191 e. The lowest BCUT2D eigenvalue weighted by atomic mass is 10.1.